The van der Waals surface area contributed by atoms with Crippen LogP contribution in [0.2, 0.25) is 0 Å². The quantitative estimate of drug-likeness (QED) is 0.707. The minimum absolute atomic E-state index is 0.0145. The lowest BCUT2D eigenvalue weighted by molar-refractivity contribution is 0.0951. The van der Waals surface area contributed by atoms with E-state index in [9.17, 15) is 17.6 Å². The Bertz CT molecular complexity index is 1080. The molecule has 162 valence electrons. The molecule has 1 heterocycles. The molecule has 0 aromatic heterocycles. The summed E-state index contributed by atoms with van der Waals surface area (Å²) in [4.78, 5) is 12.7. The van der Waals surface area contributed by atoms with E-state index >= 15 is 0 Å². The molecule has 2 aromatic carbocycles. The summed E-state index contributed by atoms with van der Waals surface area (Å²) in [5.41, 5.74) is 0.780. The van der Waals surface area contributed by atoms with Crippen molar-refractivity contribution in [3.8, 4) is 17.2 Å². The van der Waals surface area contributed by atoms with Crippen LogP contribution >= 0.6 is 0 Å². The van der Waals surface area contributed by atoms with Gasteiger partial charge in [0, 0.05) is 19.7 Å². The fourth-order valence-corrected chi connectivity index (χ4v) is 4.66. The highest BCUT2D eigenvalue weighted by atomic mass is 32.2. The molecule has 30 heavy (non-hydrogen) atoms. The van der Waals surface area contributed by atoms with Crippen LogP contribution in [0.5, 0.6) is 17.2 Å². The van der Waals surface area contributed by atoms with Crippen molar-refractivity contribution < 1.29 is 31.8 Å². The monoisotopic (exact) mass is 439 g/mol. The van der Waals surface area contributed by atoms with E-state index in [0.717, 1.165) is 14.7 Å². The third-order valence-corrected chi connectivity index (χ3v) is 6.54. The minimum atomic E-state index is -3.85. The van der Waals surface area contributed by atoms with Gasteiger partial charge in [-0.1, -0.05) is 0 Å². The molecule has 0 saturated heterocycles. The highest BCUT2D eigenvalue weighted by Crippen LogP contribution is 2.41. The van der Waals surface area contributed by atoms with Crippen molar-refractivity contribution in [1.29, 1.82) is 0 Å². The first-order valence-electron chi connectivity index (χ1n) is 8.89. The van der Waals surface area contributed by atoms with Gasteiger partial charge in [-0.05, 0) is 24.3 Å². The molecule has 1 aliphatic heterocycles. The van der Waals surface area contributed by atoms with Crippen LogP contribution in [0.15, 0.2) is 30.3 Å². The van der Waals surface area contributed by atoms with Crippen LogP contribution < -0.4 is 28.1 Å². The third-order valence-electron chi connectivity index (χ3n) is 4.72. The van der Waals surface area contributed by atoms with Gasteiger partial charge in [-0.3, -0.25) is 9.10 Å². The molecule has 0 unspecified atom stereocenters. The second kappa shape index (κ2) is 8.27. The number of carbonyl (C=O) groups excluding carboxylic acids is 1. The van der Waals surface area contributed by atoms with Crippen molar-refractivity contribution in [2.75, 3.05) is 50.1 Å². The Labute approximate surface area is 174 Å². The van der Waals surface area contributed by atoms with Gasteiger partial charge in [0.05, 0.1) is 44.8 Å². The molecule has 0 atom stereocenters. The molecule has 0 aliphatic carbocycles. The maximum absolute atomic E-state index is 13.7. The molecule has 2 aromatic rings. The largest absolute Gasteiger partial charge is 0.493 e. The van der Waals surface area contributed by atoms with Gasteiger partial charge in [0.15, 0.2) is 11.5 Å². The summed E-state index contributed by atoms with van der Waals surface area (Å²) in [6.07, 6.45) is 0. The van der Waals surface area contributed by atoms with Gasteiger partial charge in [-0.2, -0.15) is 8.42 Å². The standard InChI is InChI=1S/C19H22FN3O6S/c1-22-14-7-5-12(20)11-15(14)23(30(22,25)26)10-9-21-19(24)13-6-8-16(27-2)18(29-4)17(13)28-3/h5-8,11H,9-10H2,1-4H3,(H,21,24). The zero-order valence-electron chi connectivity index (χ0n) is 16.9. The predicted octanol–water partition coefficient (Wildman–Crippen LogP) is 1.78. The molecule has 1 amide bonds. The molecular weight excluding hydrogens is 417 g/mol. The number of nitrogens with one attached hydrogen (secondary N) is 1. The highest BCUT2D eigenvalue weighted by Gasteiger charge is 2.38. The zero-order chi connectivity index (χ0) is 22.1. The summed E-state index contributed by atoms with van der Waals surface area (Å²) >= 11 is 0. The Morgan fingerprint density at radius 2 is 1.73 bits per heavy atom. The molecule has 0 radical (unpaired) electrons. The molecule has 0 spiro atoms. The molecule has 0 fully saturated rings. The number of amides is 1. The molecular formula is C19H22FN3O6S. The zero-order valence-corrected chi connectivity index (χ0v) is 17.7. The van der Waals surface area contributed by atoms with E-state index in [1.54, 1.807) is 6.07 Å². The number of methoxy groups -OCH3 is 3. The number of fused-ring (bicyclic) bond motifs is 1. The second-order valence-corrected chi connectivity index (χ2v) is 8.20. The fourth-order valence-electron chi connectivity index (χ4n) is 3.24. The Kier molecular flexibility index (Phi) is 5.92. The van der Waals surface area contributed by atoms with E-state index in [-0.39, 0.29) is 35.8 Å². The smallest absolute Gasteiger partial charge is 0.326 e. The van der Waals surface area contributed by atoms with E-state index in [1.165, 1.54) is 46.6 Å². The first-order chi connectivity index (χ1) is 14.3. The summed E-state index contributed by atoms with van der Waals surface area (Å²) in [6.45, 7) is -0.0934. The molecule has 1 aliphatic rings. The number of ether oxygens (including phenoxy) is 3. The van der Waals surface area contributed by atoms with Gasteiger partial charge in [0.2, 0.25) is 5.75 Å². The van der Waals surface area contributed by atoms with Crippen molar-refractivity contribution in [3.63, 3.8) is 0 Å². The number of hydrogen-bond acceptors (Lipinski definition) is 6. The Balaban J connectivity index is 1.78. The number of halogens is 1. The van der Waals surface area contributed by atoms with Gasteiger partial charge in [-0.25, -0.2) is 8.70 Å². The van der Waals surface area contributed by atoms with Gasteiger partial charge < -0.3 is 19.5 Å². The van der Waals surface area contributed by atoms with Gasteiger partial charge in [-0.15, -0.1) is 0 Å². The second-order valence-electron chi connectivity index (χ2n) is 6.32. The number of anilines is 2. The maximum atomic E-state index is 13.7. The van der Waals surface area contributed by atoms with Crippen LogP contribution in [0.3, 0.4) is 0 Å². The number of hydrogen-bond donors (Lipinski definition) is 1. The van der Waals surface area contributed by atoms with Crippen molar-refractivity contribution >= 4 is 27.5 Å². The van der Waals surface area contributed by atoms with Crippen molar-refractivity contribution in [1.82, 2.24) is 5.32 Å². The van der Waals surface area contributed by atoms with Crippen LogP contribution in [0.25, 0.3) is 0 Å². The maximum Gasteiger partial charge on any atom is 0.326 e. The van der Waals surface area contributed by atoms with Crippen LogP contribution in [-0.4, -0.2) is 55.8 Å². The number of benzene rings is 2. The average Bonchev–Trinajstić information content (AvgIpc) is 2.92. The summed E-state index contributed by atoms with van der Waals surface area (Å²) < 4.78 is 56.8. The Morgan fingerprint density at radius 1 is 1.03 bits per heavy atom. The molecule has 1 N–H and O–H groups in total. The average molecular weight is 439 g/mol. The third kappa shape index (κ3) is 3.56. The first kappa shape index (κ1) is 21.5. The Hall–Kier alpha value is -3.21. The number of rotatable bonds is 7. The van der Waals surface area contributed by atoms with Crippen LogP contribution in [0.1, 0.15) is 10.4 Å². The molecule has 0 bridgehead atoms. The minimum Gasteiger partial charge on any atom is -0.493 e. The Morgan fingerprint density at radius 3 is 2.37 bits per heavy atom. The van der Waals surface area contributed by atoms with Crippen LogP contribution in [0, 0.1) is 5.82 Å². The predicted molar refractivity (Wildman–Crippen MR) is 110 cm³/mol. The van der Waals surface area contributed by atoms with E-state index in [0.29, 0.717) is 11.4 Å². The molecule has 3 rings (SSSR count). The molecule has 9 nitrogen and oxygen atoms in total. The van der Waals surface area contributed by atoms with E-state index in [2.05, 4.69) is 5.32 Å². The lowest BCUT2D eigenvalue weighted by Crippen LogP contribution is -2.40. The first-order valence-corrected chi connectivity index (χ1v) is 10.3. The topological polar surface area (TPSA) is 97.4 Å². The summed E-state index contributed by atoms with van der Waals surface area (Å²) in [6, 6.07) is 6.82. The van der Waals surface area contributed by atoms with Crippen molar-refractivity contribution in [3.05, 3.63) is 41.7 Å². The molecule has 0 saturated carbocycles. The summed E-state index contributed by atoms with van der Waals surface area (Å²) in [5, 5.41) is 2.65. The fraction of sp³-hybridized carbons (Fsp3) is 0.316. The SMILES string of the molecule is COc1ccc(C(=O)NCCN2c3cc(F)ccc3N(C)S2(=O)=O)c(OC)c1OC. The van der Waals surface area contributed by atoms with Gasteiger partial charge in [0.25, 0.3) is 5.91 Å². The van der Waals surface area contributed by atoms with Crippen molar-refractivity contribution in [2.45, 2.75) is 0 Å². The van der Waals surface area contributed by atoms with E-state index in [4.69, 9.17) is 14.2 Å². The van der Waals surface area contributed by atoms with Gasteiger partial charge in [0.1, 0.15) is 5.82 Å². The number of carbonyl (C=O) groups is 1. The van der Waals surface area contributed by atoms with Crippen molar-refractivity contribution in [2.24, 2.45) is 0 Å². The van der Waals surface area contributed by atoms with E-state index < -0.39 is 21.9 Å². The highest BCUT2D eigenvalue weighted by molar-refractivity contribution is 7.94. The van der Waals surface area contributed by atoms with Gasteiger partial charge >= 0.3 is 10.2 Å². The summed E-state index contributed by atoms with van der Waals surface area (Å²) in [5.74, 6) is -0.188. The van der Waals surface area contributed by atoms with Crippen LogP contribution in [0.4, 0.5) is 15.8 Å². The normalized spacial score (nSPS) is 14.3. The number of nitrogens with zero attached hydrogens (tertiary/aromatic N) is 2. The summed E-state index contributed by atoms with van der Waals surface area (Å²) in [7, 11) is 1.82. The lowest BCUT2D eigenvalue weighted by atomic mass is 10.1. The lowest BCUT2D eigenvalue weighted by Gasteiger charge is -2.20. The van der Waals surface area contributed by atoms with Crippen LogP contribution in [-0.2, 0) is 10.2 Å². The molecule has 11 heteroatoms. The van der Waals surface area contributed by atoms with E-state index in [1.807, 2.05) is 0 Å².